The second-order valence-corrected chi connectivity index (χ2v) is 18.0. The number of fused-ring (bicyclic) bond motifs is 2. The molecule has 0 heterocycles. The Kier molecular flexibility index (Phi) is 18.4. The molecule has 0 amide bonds. The summed E-state index contributed by atoms with van der Waals surface area (Å²) in [5.74, 6) is 1.79. The van der Waals surface area contributed by atoms with Gasteiger partial charge in [0.2, 0.25) is 0 Å². The molecule has 10 heteroatoms. The summed E-state index contributed by atoms with van der Waals surface area (Å²) >= 11 is 0. The minimum atomic E-state index is -6.00. The van der Waals surface area contributed by atoms with Crippen molar-refractivity contribution in [3.05, 3.63) is 231 Å². The number of benzene rings is 8. The van der Waals surface area contributed by atoms with E-state index in [1.807, 2.05) is 0 Å². The maximum absolute atomic E-state index is 9.75. The van der Waals surface area contributed by atoms with Gasteiger partial charge in [-0.25, -0.2) is 0 Å². The number of halogens is 4. The smallest absolute Gasteiger partial charge is 0.464 e. The van der Waals surface area contributed by atoms with Crippen LogP contribution in [0.1, 0.15) is 36.8 Å². The van der Waals surface area contributed by atoms with E-state index in [-0.39, 0.29) is 19.5 Å². The van der Waals surface area contributed by atoms with Crippen molar-refractivity contribution in [2.45, 2.75) is 32.1 Å². The van der Waals surface area contributed by atoms with Crippen molar-refractivity contribution in [3.63, 3.8) is 0 Å². The maximum atomic E-state index is 9.75. The van der Waals surface area contributed by atoms with Crippen LogP contribution in [0.4, 0.5) is 17.3 Å². The molecule has 321 valence electrons. The fourth-order valence-corrected chi connectivity index (χ4v) is 10.7. The molecule has 0 aliphatic heterocycles. The second kappa shape index (κ2) is 24.3. The van der Waals surface area contributed by atoms with Crippen molar-refractivity contribution in [3.8, 4) is 11.5 Å². The van der Waals surface area contributed by atoms with Gasteiger partial charge in [0.25, 0.3) is 0 Å². The number of hydrogen-bond acceptors (Lipinski definition) is 2. The predicted octanol–water partition coefficient (Wildman–Crippen LogP) is 14.1. The van der Waals surface area contributed by atoms with Crippen LogP contribution in [0.15, 0.2) is 194 Å². The zero-order valence-electron chi connectivity index (χ0n) is 34.5. The first kappa shape index (κ1) is 47.6. The summed E-state index contributed by atoms with van der Waals surface area (Å²) in [7, 11) is -8.24. The van der Waals surface area contributed by atoms with Gasteiger partial charge in [-0.2, -0.15) is 0 Å². The summed E-state index contributed by atoms with van der Waals surface area (Å²) in [4.78, 5) is 0. The fraction of sp³-hybridized carbons (Fsp3) is 0.0943. The summed E-state index contributed by atoms with van der Waals surface area (Å²) in [5, 5.41) is 9.44. The molecule has 0 saturated heterocycles. The molecule has 0 unspecified atom stereocenters. The summed E-state index contributed by atoms with van der Waals surface area (Å²) in [5.41, 5.74) is 2.31. The van der Waals surface area contributed by atoms with Gasteiger partial charge in [0, 0.05) is 58.2 Å². The Balaban J connectivity index is 0.000000409. The molecule has 1 fully saturated rings. The number of hydrogen-bond donors (Lipinski definition) is 0. The normalized spacial score (nSPS) is 12.8. The van der Waals surface area contributed by atoms with Gasteiger partial charge in [-0.05, 0) is 85.0 Å². The Morgan fingerprint density at radius 1 is 0.365 bits per heavy atom. The summed E-state index contributed by atoms with van der Waals surface area (Å²) in [6.07, 6.45) is 14.6. The van der Waals surface area contributed by atoms with Crippen molar-refractivity contribution in [1.82, 2.24) is 0 Å². The molecule has 5 radical (unpaired) electrons. The van der Waals surface area contributed by atoms with E-state index < -0.39 is 23.6 Å². The summed E-state index contributed by atoms with van der Waals surface area (Å²) < 4.78 is 53.4. The molecule has 8 aromatic carbocycles. The van der Waals surface area contributed by atoms with E-state index in [0.717, 1.165) is 22.6 Å². The molecule has 2 nitrogen and oxygen atoms in total. The van der Waals surface area contributed by atoms with E-state index in [2.05, 4.69) is 220 Å². The Morgan fingerprint density at radius 2 is 0.635 bits per heavy atom. The van der Waals surface area contributed by atoms with E-state index >= 15 is 0 Å². The second-order valence-electron chi connectivity index (χ2n) is 14.4. The average Bonchev–Trinajstić information content (AvgIpc) is 3.29. The van der Waals surface area contributed by atoms with E-state index in [1.165, 1.54) is 68.4 Å². The van der Waals surface area contributed by atoms with E-state index in [0.29, 0.717) is 6.42 Å². The van der Waals surface area contributed by atoms with Crippen LogP contribution in [0.25, 0.3) is 21.5 Å². The molecule has 63 heavy (non-hydrogen) atoms. The third-order valence-electron chi connectivity index (χ3n) is 10.0. The van der Waals surface area contributed by atoms with Crippen LogP contribution in [-0.2, 0) is 25.9 Å². The van der Waals surface area contributed by atoms with Crippen LogP contribution < -0.4 is 30.3 Å². The standard InChI is InChI=1S/C45H34O2P2.C8H12.BF4.Rh/c1-5-19-36(20-6-1)48(37-21-7-2-8-22-37)46-44-31-29-34-17-13-15-27-40(34)42(44)33-43-41-28-16-14-18-35(41)30-32-45(43)47-49(38-23-9-3-10-24-38)39-25-11-4-12-26-39;1-2-4-6-8-7-5-3-1;2-1(3,4)5;/h1-32H,33H2;1-2,7-8H,3-6H2;;/q;;-1;. The fourth-order valence-electron chi connectivity index (χ4n) is 7.16. The molecule has 0 aromatic heterocycles. The SMILES string of the molecule is F[B-](F)(F)F.[CH]1[CH]CC[CH][CH]CC1.[Rh].c1ccc(P(Oc2ccc3ccccc3c2Cc2c(OP(c3ccccc3)c3ccccc3)ccc3ccccc23)c2ccccc2)cc1. The Hall–Kier alpha value is -4.85. The third kappa shape index (κ3) is 14.1. The molecule has 0 N–H and O–H groups in total. The molecule has 1 saturated carbocycles. The minimum Gasteiger partial charge on any atom is -0.464 e. The van der Waals surface area contributed by atoms with Gasteiger partial charge < -0.3 is 26.3 Å². The van der Waals surface area contributed by atoms with Gasteiger partial charge in [0.1, 0.15) is 11.5 Å². The van der Waals surface area contributed by atoms with Crippen LogP contribution in [0, 0.1) is 25.7 Å². The van der Waals surface area contributed by atoms with Crippen LogP contribution in [0.2, 0.25) is 0 Å². The largest absolute Gasteiger partial charge is 0.673 e. The first-order chi connectivity index (χ1) is 30.3. The molecule has 9 rings (SSSR count). The average molecular weight is 967 g/mol. The molecule has 0 atom stereocenters. The van der Waals surface area contributed by atoms with Gasteiger partial charge in [-0.1, -0.05) is 182 Å². The van der Waals surface area contributed by atoms with Crippen LogP contribution in [-0.4, -0.2) is 7.25 Å². The van der Waals surface area contributed by atoms with Crippen molar-refractivity contribution in [1.29, 1.82) is 0 Å². The zero-order chi connectivity index (χ0) is 43.0. The molecule has 1 aliphatic carbocycles. The van der Waals surface area contributed by atoms with Gasteiger partial charge in [-0.3, -0.25) is 0 Å². The zero-order valence-corrected chi connectivity index (χ0v) is 37.9. The van der Waals surface area contributed by atoms with Crippen molar-refractivity contribution in [2.75, 3.05) is 0 Å². The van der Waals surface area contributed by atoms with E-state index in [1.54, 1.807) is 0 Å². The summed E-state index contributed by atoms with van der Waals surface area (Å²) in [6.45, 7) is 0. The van der Waals surface area contributed by atoms with Crippen molar-refractivity contribution < 1.29 is 45.8 Å². The van der Waals surface area contributed by atoms with Gasteiger partial charge in [-0.15, -0.1) is 0 Å². The van der Waals surface area contributed by atoms with Crippen LogP contribution in [0.5, 0.6) is 11.5 Å². The van der Waals surface area contributed by atoms with Crippen molar-refractivity contribution in [2.24, 2.45) is 0 Å². The van der Waals surface area contributed by atoms with Crippen LogP contribution >= 0.6 is 16.3 Å². The summed E-state index contributed by atoms with van der Waals surface area (Å²) in [6, 6.07) is 68.3. The Bertz CT molecular complexity index is 2310. The van der Waals surface area contributed by atoms with Crippen LogP contribution in [0.3, 0.4) is 0 Å². The predicted molar refractivity (Wildman–Crippen MR) is 256 cm³/mol. The van der Waals surface area contributed by atoms with Gasteiger partial charge in [0.05, 0.1) is 0 Å². The maximum Gasteiger partial charge on any atom is 0.673 e. The molecular weight excluding hydrogens is 920 g/mol. The topological polar surface area (TPSA) is 18.5 Å². The Morgan fingerprint density at radius 3 is 0.937 bits per heavy atom. The van der Waals surface area contributed by atoms with E-state index in [4.69, 9.17) is 9.05 Å². The van der Waals surface area contributed by atoms with Crippen molar-refractivity contribution >= 4 is 66.3 Å². The molecule has 8 aromatic rings. The number of rotatable bonds is 10. The molecular formula is C53H46BF4O2P2Rh-. The monoisotopic (exact) mass is 966 g/mol. The van der Waals surface area contributed by atoms with Gasteiger partial charge in [0.15, 0.2) is 16.3 Å². The quantitative estimate of drug-likeness (QED) is 0.0772. The molecule has 0 spiro atoms. The van der Waals surface area contributed by atoms with E-state index in [9.17, 15) is 17.3 Å². The molecule has 0 bridgehead atoms. The minimum absolute atomic E-state index is 0. The Labute approximate surface area is 384 Å². The van der Waals surface area contributed by atoms with Gasteiger partial charge >= 0.3 is 7.25 Å². The molecule has 1 aliphatic rings. The first-order valence-corrected chi connectivity index (χ1v) is 23.2. The third-order valence-corrected chi connectivity index (χ3v) is 13.9. The first-order valence-electron chi connectivity index (χ1n) is 20.7.